The minimum absolute atomic E-state index is 0.506. The van der Waals surface area contributed by atoms with Crippen molar-refractivity contribution in [3.63, 3.8) is 0 Å². The summed E-state index contributed by atoms with van der Waals surface area (Å²) in [5, 5.41) is 11.7. The van der Waals surface area contributed by atoms with Crippen LogP contribution in [0.15, 0.2) is 18.2 Å². The molecule has 1 aromatic carbocycles. The van der Waals surface area contributed by atoms with Gasteiger partial charge in [0.05, 0.1) is 5.60 Å². The molecule has 4 heteroatoms. The summed E-state index contributed by atoms with van der Waals surface area (Å²) < 4.78 is 0. The Morgan fingerprint density at radius 2 is 1.94 bits per heavy atom. The normalized spacial score (nSPS) is 18.5. The summed E-state index contributed by atoms with van der Waals surface area (Å²) in [6.45, 7) is 1.43. The van der Waals surface area contributed by atoms with Crippen LogP contribution in [-0.4, -0.2) is 29.2 Å². The maximum absolute atomic E-state index is 10.4. The Kier molecular flexibility index (Phi) is 4.54. The van der Waals surface area contributed by atoms with Gasteiger partial charge in [-0.3, -0.25) is 4.90 Å². The zero-order valence-corrected chi connectivity index (χ0v) is 12.1. The van der Waals surface area contributed by atoms with Gasteiger partial charge in [-0.15, -0.1) is 0 Å². The van der Waals surface area contributed by atoms with Gasteiger partial charge in [-0.2, -0.15) is 0 Å². The Morgan fingerprint density at radius 3 is 2.56 bits per heavy atom. The fraction of sp³-hybridized carbons (Fsp3) is 0.571. The van der Waals surface area contributed by atoms with E-state index in [0.29, 0.717) is 16.6 Å². The number of rotatable bonds is 4. The van der Waals surface area contributed by atoms with E-state index in [1.54, 1.807) is 6.07 Å². The van der Waals surface area contributed by atoms with E-state index in [-0.39, 0.29) is 0 Å². The summed E-state index contributed by atoms with van der Waals surface area (Å²) in [4.78, 5) is 2.13. The second-order valence-corrected chi connectivity index (χ2v) is 6.18. The van der Waals surface area contributed by atoms with Crippen molar-refractivity contribution >= 4 is 23.2 Å². The Balaban J connectivity index is 1.96. The van der Waals surface area contributed by atoms with Crippen LogP contribution in [0.25, 0.3) is 0 Å². The lowest BCUT2D eigenvalue weighted by atomic mass is 10.0. The fourth-order valence-corrected chi connectivity index (χ4v) is 3.16. The van der Waals surface area contributed by atoms with E-state index < -0.39 is 5.60 Å². The Labute approximate surface area is 119 Å². The van der Waals surface area contributed by atoms with Crippen molar-refractivity contribution in [2.75, 3.05) is 13.6 Å². The minimum atomic E-state index is -0.506. The predicted octanol–water partition coefficient (Wildman–Crippen LogP) is 3.73. The molecule has 18 heavy (non-hydrogen) atoms. The first-order valence-electron chi connectivity index (χ1n) is 6.33. The highest BCUT2D eigenvalue weighted by Gasteiger charge is 2.32. The lowest BCUT2D eigenvalue weighted by Crippen LogP contribution is -2.38. The smallest absolute Gasteiger partial charge is 0.0774 e. The molecule has 1 saturated carbocycles. The number of aliphatic hydroxyl groups is 1. The molecule has 0 spiro atoms. The minimum Gasteiger partial charge on any atom is -0.389 e. The van der Waals surface area contributed by atoms with Crippen LogP contribution >= 0.6 is 23.2 Å². The fourth-order valence-electron chi connectivity index (χ4n) is 2.69. The molecular formula is C14H19Cl2NO. The molecule has 0 radical (unpaired) electrons. The summed E-state index contributed by atoms with van der Waals surface area (Å²) in [7, 11) is 2.02. The van der Waals surface area contributed by atoms with E-state index in [1.807, 2.05) is 19.2 Å². The van der Waals surface area contributed by atoms with Crippen LogP contribution in [0.5, 0.6) is 0 Å². The summed E-state index contributed by atoms with van der Waals surface area (Å²) in [5.74, 6) is 0. The monoisotopic (exact) mass is 287 g/mol. The van der Waals surface area contributed by atoms with E-state index in [9.17, 15) is 5.11 Å². The van der Waals surface area contributed by atoms with Crippen LogP contribution < -0.4 is 0 Å². The van der Waals surface area contributed by atoms with Crippen molar-refractivity contribution in [1.29, 1.82) is 0 Å². The zero-order chi connectivity index (χ0) is 13.2. The molecule has 1 aliphatic carbocycles. The lowest BCUT2D eigenvalue weighted by molar-refractivity contribution is 0.0145. The molecule has 1 N–H and O–H groups in total. The summed E-state index contributed by atoms with van der Waals surface area (Å²) >= 11 is 12.0. The zero-order valence-electron chi connectivity index (χ0n) is 10.6. The first-order chi connectivity index (χ1) is 8.48. The first kappa shape index (κ1) is 14.1. The van der Waals surface area contributed by atoms with Crippen molar-refractivity contribution in [1.82, 2.24) is 4.90 Å². The predicted molar refractivity (Wildman–Crippen MR) is 76.2 cm³/mol. The molecule has 0 aliphatic heterocycles. The second kappa shape index (κ2) is 5.79. The third-order valence-corrected chi connectivity index (χ3v) is 4.14. The van der Waals surface area contributed by atoms with Gasteiger partial charge in [0, 0.05) is 23.1 Å². The van der Waals surface area contributed by atoms with Gasteiger partial charge in [0.2, 0.25) is 0 Å². The van der Waals surface area contributed by atoms with Crippen molar-refractivity contribution in [3.05, 3.63) is 33.8 Å². The highest BCUT2D eigenvalue weighted by molar-refractivity contribution is 6.35. The standard InChI is InChI=1S/C14H19Cl2NO/c1-17(10-14(18)6-2-3-7-14)9-11-4-5-12(15)8-13(11)16/h4-5,8,18H,2-3,6-7,9-10H2,1H3. The van der Waals surface area contributed by atoms with Crippen LogP contribution in [0.4, 0.5) is 0 Å². The highest BCUT2D eigenvalue weighted by Crippen LogP contribution is 2.30. The highest BCUT2D eigenvalue weighted by atomic mass is 35.5. The third-order valence-electron chi connectivity index (χ3n) is 3.55. The van der Waals surface area contributed by atoms with Crippen molar-refractivity contribution < 1.29 is 5.11 Å². The van der Waals surface area contributed by atoms with Crippen LogP contribution in [0.2, 0.25) is 10.0 Å². The Bertz CT molecular complexity index is 416. The van der Waals surface area contributed by atoms with Crippen LogP contribution in [0.1, 0.15) is 31.2 Å². The molecule has 0 heterocycles. The number of hydrogen-bond donors (Lipinski definition) is 1. The number of nitrogens with zero attached hydrogens (tertiary/aromatic N) is 1. The summed E-state index contributed by atoms with van der Waals surface area (Å²) in [5.41, 5.74) is 0.540. The van der Waals surface area contributed by atoms with E-state index in [2.05, 4.69) is 4.90 Å². The van der Waals surface area contributed by atoms with Crippen molar-refractivity contribution in [2.45, 2.75) is 37.8 Å². The molecule has 0 saturated heterocycles. The average Bonchev–Trinajstić information content (AvgIpc) is 2.69. The number of halogens is 2. The molecule has 1 aromatic rings. The largest absolute Gasteiger partial charge is 0.389 e. The van der Waals surface area contributed by atoms with Gasteiger partial charge < -0.3 is 5.11 Å². The van der Waals surface area contributed by atoms with Crippen molar-refractivity contribution in [3.8, 4) is 0 Å². The number of hydrogen-bond acceptors (Lipinski definition) is 2. The van der Waals surface area contributed by atoms with Gasteiger partial charge >= 0.3 is 0 Å². The van der Waals surface area contributed by atoms with Crippen molar-refractivity contribution in [2.24, 2.45) is 0 Å². The third kappa shape index (κ3) is 3.61. The van der Waals surface area contributed by atoms with E-state index in [4.69, 9.17) is 23.2 Å². The second-order valence-electron chi connectivity index (χ2n) is 5.34. The topological polar surface area (TPSA) is 23.5 Å². The van der Waals surface area contributed by atoms with Gasteiger partial charge in [0.25, 0.3) is 0 Å². The van der Waals surface area contributed by atoms with Gasteiger partial charge in [0.1, 0.15) is 0 Å². The van der Waals surface area contributed by atoms with E-state index in [0.717, 1.165) is 37.8 Å². The molecule has 0 unspecified atom stereocenters. The number of likely N-dealkylation sites (N-methyl/N-ethyl adjacent to an activating group) is 1. The molecule has 0 bridgehead atoms. The molecular weight excluding hydrogens is 269 g/mol. The molecule has 0 aromatic heterocycles. The van der Waals surface area contributed by atoms with Crippen LogP contribution in [-0.2, 0) is 6.54 Å². The van der Waals surface area contributed by atoms with E-state index >= 15 is 0 Å². The molecule has 100 valence electrons. The molecule has 0 atom stereocenters. The lowest BCUT2D eigenvalue weighted by Gasteiger charge is -2.28. The van der Waals surface area contributed by atoms with Gasteiger partial charge in [-0.25, -0.2) is 0 Å². The number of benzene rings is 1. The van der Waals surface area contributed by atoms with Crippen LogP contribution in [0, 0.1) is 0 Å². The van der Waals surface area contributed by atoms with Crippen LogP contribution in [0.3, 0.4) is 0 Å². The maximum atomic E-state index is 10.4. The van der Waals surface area contributed by atoms with Gasteiger partial charge in [-0.1, -0.05) is 42.1 Å². The Hall–Kier alpha value is -0.280. The summed E-state index contributed by atoms with van der Waals surface area (Å²) in [6.07, 6.45) is 4.08. The first-order valence-corrected chi connectivity index (χ1v) is 7.09. The molecule has 2 rings (SSSR count). The summed E-state index contributed by atoms with van der Waals surface area (Å²) in [6, 6.07) is 5.55. The van der Waals surface area contributed by atoms with Gasteiger partial charge in [-0.05, 0) is 37.6 Å². The molecule has 1 fully saturated rings. The molecule has 1 aliphatic rings. The SMILES string of the molecule is CN(Cc1ccc(Cl)cc1Cl)CC1(O)CCCC1. The van der Waals surface area contributed by atoms with Gasteiger partial charge in [0.15, 0.2) is 0 Å². The average molecular weight is 288 g/mol. The van der Waals surface area contributed by atoms with E-state index in [1.165, 1.54) is 0 Å². The quantitative estimate of drug-likeness (QED) is 0.912. The Morgan fingerprint density at radius 1 is 1.28 bits per heavy atom. The molecule has 2 nitrogen and oxygen atoms in total. The molecule has 0 amide bonds. The maximum Gasteiger partial charge on any atom is 0.0774 e.